The van der Waals surface area contributed by atoms with Gasteiger partial charge in [0.05, 0.1) is 21.2 Å². The van der Waals surface area contributed by atoms with E-state index in [4.69, 9.17) is 0 Å². The lowest BCUT2D eigenvalue weighted by Crippen LogP contribution is -2.22. The number of aromatic nitrogens is 3. The Labute approximate surface area is 164 Å². The Morgan fingerprint density at radius 1 is 1.07 bits per heavy atom. The zero-order valence-corrected chi connectivity index (χ0v) is 16.1. The van der Waals surface area contributed by atoms with E-state index in [0.717, 1.165) is 26.5 Å². The average molecular weight is 393 g/mol. The molecule has 2 aromatic carbocycles. The number of hydrogen-bond donors (Lipinski definition) is 1. The summed E-state index contributed by atoms with van der Waals surface area (Å²) in [5.41, 5.74) is 2.75. The van der Waals surface area contributed by atoms with Crippen LogP contribution in [0.2, 0.25) is 0 Å². The number of hydrogen-bond acceptors (Lipinski definition) is 6. The minimum atomic E-state index is -0.310. The van der Waals surface area contributed by atoms with E-state index in [2.05, 4.69) is 20.3 Å². The molecule has 0 saturated heterocycles. The van der Waals surface area contributed by atoms with Crippen LogP contribution in [0.5, 0.6) is 0 Å². The smallest absolute Gasteiger partial charge is 0.239 e. The van der Waals surface area contributed by atoms with Gasteiger partial charge in [0.25, 0.3) is 0 Å². The van der Waals surface area contributed by atoms with E-state index in [-0.39, 0.29) is 11.2 Å². The normalized spacial score (nSPS) is 12.0. The van der Waals surface area contributed by atoms with Gasteiger partial charge < -0.3 is 5.32 Å². The average Bonchev–Trinajstić information content (AvgIpc) is 3.11. The van der Waals surface area contributed by atoms with Gasteiger partial charge in [-0.05, 0) is 25.1 Å². The summed E-state index contributed by atoms with van der Waals surface area (Å²) in [6.07, 6.45) is 1.53. The number of anilines is 1. The second kappa shape index (κ2) is 7.85. The molecule has 2 aromatic heterocycles. The molecule has 27 heavy (non-hydrogen) atoms. The second-order valence-corrected chi connectivity index (χ2v) is 8.24. The van der Waals surface area contributed by atoms with Crippen LogP contribution in [0, 0.1) is 0 Å². The molecule has 0 spiro atoms. The number of thiazole rings is 1. The summed E-state index contributed by atoms with van der Waals surface area (Å²) < 4.78 is 1.05. The van der Waals surface area contributed by atoms with E-state index < -0.39 is 0 Å². The van der Waals surface area contributed by atoms with Gasteiger partial charge in [-0.25, -0.2) is 15.0 Å². The van der Waals surface area contributed by atoms with Crippen LogP contribution in [-0.4, -0.2) is 26.1 Å². The summed E-state index contributed by atoms with van der Waals surface area (Å²) in [5, 5.41) is 3.96. The SMILES string of the molecule is C[C@@H](Sc1cc(-c2ccccc2)ncn1)C(=O)Nc1nc2ccccc2s1. The van der Waals surface area contributed by atoms with Crippen molar-refractivity contribution in [3.05, 3.63) is 67.0 Å². The van der Waals surface area contributed by atoms with Crippen molar-refractivity contribution in [2.24, 2.45) is 0 Å². The zero-order valence-electron chi connectivity index (χ0n) is 14.5. The molecule has 0 radical (unpaired) electrons. The van der Waals surface area contributed by atoms with Crippen LogP contribution in [-0.2, 0) is 4.79 Å². The van der Waals surface area contributed by atoms with E-state index in [9.17, 15) is 4.79 Å². The molecule has 0 unspecified atom stereocenters. The number of nitrogens with zero attached hydrogens (tertiary/aromatic N) is 3. The van der Waals surface area contributed by atoms with Crippen LogP contribution in [0.4, 0.5) is 5.13 Å². The summed E-state index contributed by atoms with van der Waals surface area (Å²) in [5.74, 6) is -0.0982. The fourth-order valence-electron chi connectivity index (χ4n) is 2.54. The first-order valence-corrected chi connectivity index (χ1v) is 10.1. The third kappa shape index (κ3) is 4.15. The molecule has 4 aromatic rings. The van der Waals surface area contributed by atoms with Crippen LogP contribution >= 0.6 is 23.1 Å². The molecule has 0 saturated carbocycles. The minimum absolute atomic E-state index is 0.0982. The number of thioether (sulfide) groups is 1. The molecule has 0 aliphatic rings. The van der Waals surface area contributed by atoms with Gasteiger partial charge in [-0.3, -0.25) is 4.79 Å². The molecule has 0 bridgehead atoms. The highest BCUT2D eigenvalue weighted by Gasteiger charge is 2.17. The van der Waals surface area contributed by atoms with Gasteiger partial charge in [-0.2, -0.15) is 0 Å². The summed E-state index contributed by atoms with van der Waals surface area (Å²) in [4.78, 5) is 25.6. The molecule has 0 aliphatic heterocycles. The van der Waals surface area contributed by atoms with Gasteiger partial charge in [-0.15, -0.1) is 0 Å². The standard InChI is InChI=1S/C20H16N4OS2/c1-13(19(25)24-20-23-15-9-5-6-10-17(15)27-20)26-18-11-16(21-12-22-18)14-7-3-2-4-8-14/h2-13H,1H3,(H,23,24,25)/t13-/m1/s1. The number of carbonyl (C=O) groups is 1. The predicted molar refractivity (Wildman–Crippen MR) is 111 cm³/mol. The molecule has 1 N–H and O–H groups in total. The van der Waals surface area contributed by atoms with Gasteiger partial charge >= 0.3 is 0 Å². The molecule has 0 aliphatic carbocycles. The molecular formula is C20H16N4OS2. The highest BCUT2D eigenvalue weighted by molar-refractivity contribution is 8.00. The van der Waals surface area contributed by atoms with Gasteiger partial charge in [-0.1, -0.05) is 65.6 Å². The van der Waals surface area contributed by atoms with Crippen LogP contribution in [0.3, 0.4) is 0 Å². The number of nitrogens with one attached hydrogen (secondary N) is 1. The first-order valence-electron chi connectivity index (χ1n) is 8.39. The maximum atomic E-state index is 12.5. The summed E-state index contributed by atoms with van der Waals surface area (Å²) >= 11 is 2.87. The Kier molecular flexibility index (Phi) is 5.13. The van der Waals surface area contributed by atoms with Crippen LogP contribution in [0.15, 0.2) is 72.0 Å². The quantitative estimate of drug-likeness (QED) is 0.387. The fraction of sp³-hybridized carbons (Fsp3) is 0.100. The van der Waals surface area contributed by atoms with Crippen molar-refractivity contribution in [2.45, 2.75) is 17.2 Å². The molecular weight excluding hydrogens is 376 g/mol. The number of amides is 1. The summed E-state index contributed by atoms with van der Waals surface area (Å²) in [6.45, 7) is 1.86. The maximum absolute atomic E-state index is 12.5. The molecule has 7 heteroatoms. The lowest BCUT2D eigenvalue weighted by Gasteiger charge is -2.10. The van der Waals surface area contributed by atoms with E-state index in [0.29, 0.717) is 5.13 Å². The van der Waals surface area contributed by atoms with E-state index in [1.54, 1.807) is 0 Å². The van der Waals surface area contributed by atoms with E-state index in [1.165, 1.54) is 29.4 Å². The second-order valence-electron chi connectivity index (χ2n) is 5.84. The number of fused-ring (bicyclic) bond motifs is 1. The van der Waals surface area contributed by atoms with Crippen molar-refractivity contribution in [1.82, 2.24) is 15.0 Å². The highest BCUT2D eigenvalue weighted by Crippen LogP contribution is 2.28. The molecule has 1 atom stereocenters. The maximum Gasteiger partial charge on any atom is 0.239 e. The molecule has 4 rings (SSSR count). The van der Waals surface area contributed by atoms with Gasteiger partial charge in [0, 0.05) is 5.56 Å². The molecule has 134 valence electrons. The van der Waals surface area contributed by atoms with Gasteiger partial charge in [0.1, 0.15) is 11.4 Å². The summed E-state index contributed by atoms with van der Waals surface area (Å²) in [6, 6.07) is 19.6. The Balaban J connectivity index is 1.45. The Bertz CT molecular complexity index is 1050. The van der Waals surface area contributed by atoms with Crippen molar-refractivity contribution < 1.29 is 4.79 Å². The topological polar surface area (TPSA) is 67.8 Å². The molecule has 2 heterocycles. The lowest BCUT2D eigenvalue weighted by atomic mass is 10.1. The number of para-hydroxylation sites is 1. The van der Waals surface area contributed by atoms with Crippen LogP contribution in [0.25, 0.3) is 21.5 Å². The van der Waals surface area contributed by atoms with Crippen molar-refractivity contribution in [1.29, 1.82) is 0 Å². The molecule has 1 amide bonds. The zero-order chi connectivity index (χ0) is 18.6. The number of benzene rings is 2. The first kappa shape index (κ1) is 17.6. The molecule has 0 fully saturated rings. The van der Waals surface area contributed by atoms with Crippen LogP contribution in [0.1, 0.15) is 6.92 Å². The fourth-order valence-corrected chi connectivity index (χ4v) is 4.22. The Morgan fingerprint density at radius 2 is 1.85 bits per heavy atom. The Hall–Kier alpha value is -2.77. The third-order valence-corrected chi connectivity index (χ3v) is 5.89. The van der Waals surface area contributed by atoms with E-state index >= 15 is 0 Å². The van der Waals surface area contributed by atoms with Crippen molar-refractivity contribution in [3.63, 3.8) is 0 Å². The molecule has 5 nitrogen and oxygen atoms in total. The number of rotatable bonds is 5. The summed E-state index contributed by atoms with van der Waals surface area (Å²) in [7, 11) is 0. The Morgan fingerprint density at radius 3 is 2.67 bits per heavy atom. The first-order chi connectivity index (χ1) is 13.2. The largest absolute Gasteiger partial charge is 0.301 e. The number of carbonyl (C=O) groups excluding carboxylic acids is 1. The van der Waals surface area contributed by atoms with Gasteiger partial charge in [0.2, 0.25) is 5.91 Å². The van der Waals surface area contributed by atoms with Crippen molar-refractivity contribution in [2.75, 3.05) is 5.32 Å². The van der Waals surface area contributed by atoms with E-state index in [1.807, 2.05) is 67.6 Å². The highest BCUT2D eigenvalue weighted by atomic mass is 32.2. The predicted octanol–water partition coefficient (Wildman–Crippen LogP) is 4.87. The van der Waals surface area contributed by atoms with Gasteiger partial charge in [0.15, 0.2) is 5.13 Å². The van der Waals surface area contributed by atoms with Crippen molar-refractivity contribution in [3.8, 4) is 11.3 Å². The van der Waals surface area contributed by atoms with Crippen LogP contribution < -0.4 is 5.32 Å². The monoisotopic (exact) mass is 392 g/mol. The van der Waals surface area contributed by atoms with Crippen molar-refractivity contribution >= 4 is 44.4 Å². The lowest BCUT2D eigenvalue weighted by molar-refractivity contribution is -0.115. The third-order valence-electron chi connectivity index (χ3n) is 3.90. The minimum Gasteiger partial charge on any atom is -0.301 e.